The minimum absolute atomic E-state index is 0.0834. The Bertz CT molecular complexity index is 1250. The average molecular weight is 521 g/mol. The van der Waals surface area contributed by atoms with Crippen molar-refractivity contribution in [3.63, 3.8) is 0 Å². The number of epoxide rings is 1. The number of aromatic nitrogens is 2. The molecular formula is C30H40N4O4. The second-order valence-corrected chi connectivity index (χ2v) is 12.5. The number of ether oxygens (including phenoxy) is 1. The highest BCUT2D eigenvalue weighted by molar-refractivity contribution is 5.97. The molecule has 0 amide bonds. The molecule has 38 heavy (non-hydrogen) atoms. The van der Waals surface area contributed by atoms with Gasteiger partial charge in [0.2, 0.25) is 0 Å². The third-order valence-electron chi connectivity index (χ3n) is 10.0. The van der Waals surface area contributed by atoms with Gasteiger partial charge in [0.05, 0.1) is 11.0 Å². The van der Waals surface area contributed by atoms with Crippen molar-refractivity contribution in [2.45, 2.75) is 114 Å². The van der Waals surface area contributed by atoms with Crippen molar-refractivity contribution in [3.05, 3.63) is 40.3 Å². The average Bonchev–Trinajstić information content (AvgIpc) is 3.61. The van der Waals surface area contributed by atoms with Gasteiger partial charge in [-0.3, -0.25) is 9.69 Å². The minimum atomic E-state index is -0.778. The van der Waals surface area contributed by atoms with Gasteiger partial charge in [-0.05, 0) is 75.8 Å². The molecule has 2 aliphatic carbocycles. The number of rotatable bonds is 6. The van der Waals surface area contributed by atoms with Crippen LogP contribution in [-0.4, -0.2) is 62.4 Å². The molecule has 6 unspecified atom stereocenters. The van der Waals surface area contributed by atoms with Crippen molar-refractivity contribution in [1.29, 1.82) is 0 Å². The molecule has 1 aromatic carbocycles. The molecule has 3 aliphatic heterocycles. The fourth-order valence-corrected chi connectivity index (χ4v) is 8.39. The van der Waals surface area contributed by atoms with Gasteiger partial charge in [0.15, 0.2) is 12.0 Å². The lowest BCUT2D eigenvalue weighted by atomic mass is 9.68. The molecule has 1 N–H and O–H groups in total. The Morgan fingerprint density at radius 2 is 1.68 bits per heavy atom. The molecule has 5 fully saturated rings. The number of hydrogen-bond donors (Lipinski definition) is 1. The summed E-state index contributed by atoms with van der Waals surface area (Å²) in [7, 11) is 0. The van der Waals surface area contributed by atoms with Crippen molar-refractivity contribution >= 4 is 16.7 Å². The van der Waals surface area contributed by atoms with Crippen LogP contribution < -0.4 is 5.56 Å². The van der Waals surface area contributed by atoms with Gasteiger partial charge >= 0.3 is 0 Å². The molecule has 204 valence electrons. The number of fused-ring (bicyclic) bond motifs is 5. The van der Waals surface area contributed by atoms with Crippen LogP contribution in [0.25, 0.3) is 11.0 Å². The van der Waals surface area contributed by atoms with Crippen molar-refractivity contribution in [1.82, 2.24) is 14.5 Å². The summed E-state index contributed by atoms with van der Waals surface area (Å²) in [5, 5.41) is 13.5. The molecule has 2 aromatic rings. The second-order valence-electron chi connectivity index (χ2n) is 12.5. The van der Waals surface area contributed by atoms with E-state index in [4.69, 9.17) is 14.6 Å². The van der Waals surface area contributed by atoms with E-state index in [-0.39, 0.29) is 24.3 Å². The molecule has 6 atom stereocenters. The number of nitrogens with zero attached hydrogens (tertiary/aromatic N) is 4. The number of piperidine rings is 2. The largest absolute Gasteiger partial charge is 0.393 e. The van der Waals surface area contributed by atoms with E-state index >= 15 is 0 Å². The first kappa shape index (κ1) is 24.7. The zero-order valence-electron chi connectivity index (χ0n) is 22.4. The number of benzene rings is 1. The fourth-order valence-electron chi connectivity index (χ4n) is 8.39. The van der Waals surface area contributed by atoms with Crippen LogP contribution in [0.15, 0.2) is 34.2 Å². The van der Waals surface area contributed by atoms with Crippen LogP contribution in [0.3, 0.4) is 0 Å². The molecule has 4 heterocycles. The number of aliphatic hydroxyl groups excluding tert-OH is 1. The third kappa shape index (κ3) is 4.58. The first-order valence-corrected chi connectivity index (χ1v) is 14.8. The molecule has 8 heteroatoms. The highest BCUT2D eigenvalue weighted by Gasteiger charge is 2.45. The first-order valence-electron chi connectivity index (χ1n) is 14.8. The third-order valence-corrected chi connectivity index (χ3v) is 10.0. The molecule has 1 aromatic heterocycles. The molecule has 2 saturated carbocycles. The van der Waals surface area contributed by atoms with Crippen molar-refractivity contribution < 1.29 is 14.7 Å². The van der Waals surface area contributed by atoms with Gasteiger partial charge in [-0.25, -0.2) is 4.98 Å². The van der Waals surface area contributed by atoms with E-state index in [1.54, 1.807) is 6.92 Å². The predicted molar refractivity (Wildman–Crippen MR) is 145 cm³/mol. The predicted octanol–water partition coefficient (Wildman–Crippen LogP) is 4.38. The van der Waals surface area contributed by atoms with Crippen LogP contribution in [0, 0.1) is 11.8 Å². The SMILES string of the molecule is CC(=NOCC1OC1O)c1nc2ccccc2n(C2CC3CCCC(C2)N3C2CC3CCCC(C3)C2)c1=O. The summed E-state index contributed by atoms with van der Waals surface area (Å²) >= 11 is 0. The van der Waals surface area contributed by atoms with Gasteiger partial charge in [-0.1, -0.05) is 43.0 Å². The number of hydrogen-bond acceptors (Lipinski definition) is 7. The van der Waals surface area contributed by atoms with Gasteiger partial charge in [0.25, 0.3) is 5.56 Å². The van der Waals surface area contributed by atoms with Crippen molar-refractivity contribution in [2.75, 3.05) is 6.61 Å². The second kappa shape index (κ2) is 10.0. The number of para-hydroxylation sites is 2. The van der Waals surface area contributed by atoms with E-state index in [0.717, 1.165) is 41.8 Å². The van der Waals surface area contributed by atoms with Crippen LogP contribution in [0.2, 0.25) is 0 Å². The number of aliphatic hydroxyl groups is 1. The quantitative estimate of drug-likeness (QED) is 0.345. The molecule has 5 aliphatic rings. The Labute approximate surface area is 224 Å². The smallest absolute Gasteiger partial charge is 0.279 e. The van der Waals surface area contributed by atoms with E-state index in [2.05, 4.69) is 10.1 Å². The molecule has 0 spiro atoms. The summed E-state index contributed by atoms with van der Waals surface area (Å²) in [4.78, 5) is 27.0. The van der Waals surface area contributed by atoms with E-state index in [1.165, 1.54) is 57.8 Å². The Kier molecular flexibility index (Phi) is 6.53. The minimum Gasteiger partial charge on any atom is -0.393 e. The van der Waals surface area contributed by atoms with E-state index in [1.807, 2.05) is 28.8 Å². The lowest BCUT2D eigenvalue weighted by Crippen LogP contribution is -2.58. The Balaban J connectivity index is 1.18. The molecule has 8 nitrogen and oxygen atoms in total. The van der Waals surface area contributed by atoms with Gasteiger partial charge in [0.1, 0.15) is 18.4 Å². The Morgan fingerprint density at radius 1 is 1.00 bits per heavy atom. The van der Waals surface area contributed by atoms with Crippen LogP contribution in [0.1, 0.15) is 89.3 Å². The van der Waals surface area contributed by atoms with Gasteiger partial charge in [0, 0.05) is 24.2 Å². The summed E-state index contributed by atoms with van der Waals surface area (Å²) in [6, 6.07) is 10.00. The number of oxime groups is 1. The van der Waals surface area contributed by atoms with Crippen LogP contribution in [-0.2, 0) is 9.57 Å². The zero-order valence-corrected chi connectivity index (χ0v) is 22.4. The summed E-state index contributed by atoms with van der Waals surface area (Å²) in [6.45, 7) is 1.93. The first-order chi connectivity index (χ1) is 18.5. The summed E-state index contributed by atoms with van der Waals surface area (Å²) in [5.74, 6) is 1.86. The summed E-state index contributed by atoms with van der Waals surface area (Å²) < 4.78 is 7.00. The highest BCUT2D eigenvalue weighted by atomic mass is 16.7. The molecule has 0 radical (unpaired) electrons. The lowest BCUT2D eigenvalue weighted by molar-refractivity contribution is -0.0485. The summed E-state index contributed by atoms with van der Waals surface area (Å²) in [6.07, 6.45) is 13.2. The van der Waals surface area contributed by atoms with Crippen LogP contribution in [0.5, 0.6) is 0 Å². The van der Waals surface area contributed by atoms with Crippen LogP contribution >= 0.6 is 0 Å². The van der Waals surface area contributed by atoms with Crippen molar-refractivity contribution in [3.8, 4) is 0 Å². The zero-order chi connectivity index (χ0) is 25.8. The maximum absolute atomic E-state index is 14.0. The molecule has 3 saturated heterocycles. The van der Waals surface area contributed by atoms with Gasteiger partial charge in [-0.15, -0.1) is 0 Å². The highest BCUT2D eigenvalue weighted by Crippen LogP contribution is 2.47. The Hall–Kier alpha value is -2.29. The van der Waals surface area contributed by atoms with E-state index in [0.29, 0.717) is 23.5 Å². The molecule has 7 rings (SSSR count). The van der Waals surface area contributed by atoms with E-state index < -0.39 is 6.29 Å². The van der Waals surface area contributed by atoms with Crippen molar-refractivity contribution in [2.24, 2.45) is 17.0 Å². The maximum Gasteiger partial charge on any atom is 0.279 e. The van der Waals surface area contributed by atoms with Gasteiger partial charge < -0.3 is 19.2 Å². The normalized spacial score (nSPS) is 37.3. The topological polar surface area (TPSA) is 92.5 Å². The summed E-state index contributed by atoms with van der Waals surface area (Å²) in [5.41, 5.74) is 2.43. The fraction of sp³-hybridized carbons (Fsp3) is 0.700. The Morgan fingerprint density at radius 3 is 2.39 bits per heavy atom. The van der Waals surface area contributed by atoms with Crippen LogP contribution in [0.4, 0.5) is 0 Å². The van der Waals surface area contributed by atoms with E-state index in [9.17, 15) is 9.90 Å². The monoisotopic (exact) mass is 520 g/mol. The lowest BCUT2D eigenvalue weighted by Gasteiger charge is -2.55. The molecular weight excluding hydrogens is 480 g/mol. The standard InChI is InChI=1S/C30H40N4O4/c1-18(32-37-17-27-30(36)38-27)28-29(35)34(26-11-3-2-10-25(26)31-28)24-15-21-8-5-9-22(16-24)33(21)23-13-19-6-4-7-20(12-19)14-23/h2-3,10-11,19-24,27,30,36H,4-9,12-17H2,1H3. The maximum atomic E-state index is 14.0. The van der Waals surface area contributed by atoms with Gasteiger partial charge in [-0.2, -0.15) is 0 Å². The molecule has 4 bridgehead atoms.